The van der Waals surface area contributed by atoms with Crippen LogP contribution in [-0.4, -0.2) is 56.2 Å². The van der Waals surface area contributed by atoms with Crippen molar-refractivity contribution in [2.75, 3.05) is 45.3 Å². The average molecular weight is 412 g/mol. The summed E-state index contributed by atoms with van der Waals surface area (Å²) in [6.07, 6.45) is 0.979. The minimum absolute atomic E-state index is 0.000538. The first-order valence-electron chi connectivity index (χ1n) is 9.78. The molecule has 152 valence electrons. The Kier molecular flexibility index (Phi) is 5.58. The molecule has 29 heavy (non-hydrogen) atoms. The molecular formula is C22H25N3O3S. The van der Waals surface area contributed by atoms with Crippen LogP contribution in [0.3, 0.4) is 0 Å². The summed E-state index contributed by atoms with van der Waals surface area (Å²) >= 11 is 1.73. The lowest BCUT2D eigenvalue weighted by atomic mass is 10.1. The number of ether oxygens (including phenoxy) is 2. The Bertz CT molecular complexity index is 1000. The van der Waals surface area contributed by atoms with E-state index in [1.807, 2.05) is 4.90 Å². The summed E-state index contributed by atoms with van der Waals surface area (Å²) in [7, 11) is 3.17. The maximum absolute atomic E-state index is 13.0. The quantitative estimate of drug-likeness (QED) is 0.639. The van der Waals surface area contributed by atoms with Gasteiger partial charge in [0.05, 0.1) is 24.4 Å². The maximum Gasteiger partial charge on any atom is 0.254 e. The standard InChI is InChI=1S/C22H25N3O3S/c1-4-15-6-5-7-19-20(15)23-22(29-19)25-10-8-24(9-11-25)21(26)16-12-17(27-2)14-18(13-16)28-3/h5-7,12-14H,4,8-11H2,1-3H3. The van der Waals surface area contributed by atoms with Crippen LogP contribution in [0.15, 0.2) is 36.4 Å². The van der Waals surface area contributed by atoms with Crippen molar-refractivity contribution in [3.8, 4) is 11.5 Å². The second-order valence-corrected chi connectivity index (χ2v) is 8.00. The summed E-state index contributed by atoms with van der Waals surface area (Å²) < 4.78 is 11.8. The summed E-state index contributed by atoms with van der Waals surface area (Å²) in [5.74, 6) is 1.24. The summed E-state index contributed by atoms with van der Waals surface area (Å²) in [4.78, 5) is 22.0. The topological polar surface area (TPSA) is 54.9 Å². The van der Waals surface area contributed by atoms with Crippen LogP contribution >= 0.6 is 11.3 Å². The molecule has 1 aliphatic heterocycles. The number of nitrogens with zero attached hydrogens (tertiary/aromatic N) is 3. The highest BCUT2D eigenvalue weighted by molar-refractivity contribution is 7.22. The Morgan fingerprint density at radius 1 is 1.07 bits per heavy atom. The number of methoxy groups -OCH3 is 2. The number of hydrogen-bond donors (Lipinski definition) is 0. The molecule has 0 saturated carbocycles. The third-order valence-electron chi connectivity index (χ3n) is 5.31. The van der Waals surface area contributed by atoms with E-state index in [0.29, 0.717) is 30.2 Å². The zero-order chi connectivity index (χ0) is 20.4. The van der Waals surface area contributed by atoms with Gasteiger partial charge in [-0.15, -0.1) is 0 Å². The van der Waals surface area contributed by atoms with Gasteiger partial charge in [0.15, 0.2) is 5.13 Å². The molecule has 0 atom stereocenters. The fourth-order valence-corrected chi connectivity index (χ4v) is 4.69. The molecule has 1 aromatic heterocycles. The average Bonchev–Trinajstić information content (AvgIpc) is 3.22. The molecule has 0 spiro atoms. The number of fused-ring (bicyclic) bond motifs is 1. The van der Waals surface area contributed by atoms with Gasteiger partial charge in [-0.2, -0.15) is 0 Å². The third kappa shape index (κ3) is 3.87. The minimum Gasteiger partial charge on any atom is -0.497 e. The number of benzene rings is 2. The molecule has 0 aliphatic carbocycles. The second-order valence-electron chi connectivity index (χ2n) is 6.99. The molecule has 3 aromatic rings. The SMILES string of the molecule is CCc1cccc2sc(N3CCN(C(=O)c4cc(OC)cc(OC)c4)CC3)nc12. The summed E-state index contributed by atoms with van der Waals surface area (Å²) in [5.41, 5.74) is 2.98. The molecule has 1 amide bonds. The molecule has 1 fully saturated rings. The van der Waals surface area contributed by atoms with E-state index in [0.717, 1.165) is 30.2 Å². The Balaban J connectivity index is 1.48. The molecule has 2 heterocycles. The highest BCUT2D eigenvalue weighted by atomic mass is 32.1. The maximum atomic E-state index is 13.0. The molecule has 0 N–H and O–H groups in total. The van der Waals surface area contributed by atoms with Crippen molar-refractivity contribution in [3.05, 3.63) is 47.5 Å². The van der Waals surface area contributed by atoms with Crippen molar-refractivity contribution >= 4 is 32.6 Å². The van der Waals surface area contributed by atoms with Crippen molar-refractivity contribution in [3.63, 3.8) is 0 Å². The summed E-state index contributed by atoms with van der Waals surface area (Å²) in [5, 5.41) is 1.04. The molecule has 0 unspecified atom stereocenters. The van der Waals surface area contributed by atoms with E-state index in [9.17, 15) is 4.79 Å². The number of aromatic nitrogens is 1. The first-order chi connectivity index (χ1) is 14.1. The zero-order valence-electron chi connectivity index (χ0n) is 17.0. The zero-order valence-corrected chi connectivity index (χ0v) is 17.8. The number of amides is 1. The molecule has 0 radical (unpaired) electrons. The van der Waals surface area contributed by atoms with Gasteiger partial charge in [-0.25, -0.2) is 4.98 Å². The van der Waals surface area contributed by atoms with Crippen LogP contribution in [0.5, 0.6) is 11.5 Å². The molecule has 4 rings (SSSR count). The van der Waals surface area contributed by atoms with E-state index in [-0.39, 0.29) is 5.91 Å². The second kappa shape index (κ2) is 8.29. The molecule has 0 bridgehead atoms. The number of piperazine rings is 1. The number of rotatable bonds is 5. The number of anilines is 1. The number of aryl methyl sites for hydroxylation is 1. The van der Waals surface area contributed by atoms with Crippen molar-refractivity contribution in [1.29, 1.82) is 0 Å². The minimum atomic E-state index is -0.000538. The van der Waals surface area contributed by atoms with Gasteiger partial charge < -0.3 is 19.3 Å². The predicted octanol–water partition coefficient (Wildman–Crippen LogP) is 3.84. The Hall–Kier alpha value is -2.80. The first-order valence-corrected chi connectivity index (χ1v) is 10.6. The molecule has 1 saturated heterocycles. The van der Waals surface area contributed by atoms with Crippen LogP contribution < -0.4 is 14.4 Å². The van der Waals surface area contributed by atoms with E-state index < -0.39 is 0 Å². The number of hydrogen-bond acceptors (Lipinski definition) is 6. The summed E-state index contributed by atoms with van der Waals surface area (Å²) in [6, 6.07) is 11.7. The van der Waals surface area contributed by atoms with Gasteiger partial charge in [-0.1, -0.05) is 30.4 Å². The smallest absolute Gasteiger partial charge is 0.254 e. The Labute approximate surface area is 174 Å². The van der Waals surface area contributed by atoms with Crippen LogP contribution in [0.1, 0.15) is 22.8 Å². The number of thiazole rings is 1. The van der Waals surface area contributed by atoms with E-state index in [1.54, 1.807) is 43.8 Å². The predicted molar refractivity (Wildman–Crippen MR) is 117 cm³/mol. The van der Waals surface area contributed by atoms with Crippen LogP contribution in [0.4, 0.5) is 5.13 Å². The third-order valence-corrected chi connectivity index (χ3v) is 6.39. The van der Waals surface area contributed by atoms with E-state index in [2.05, 4.69) is 30.0 Å². The van der Waals surface area contributed by atoms with Gasteiger partial charge in [0.2, 0.25) is 0 Å². The normalized spacial score (nSPS) is 14.3. The van der Waals surface area contributed by atoms with E-state index in [1.165, 1.54) is 10.3 Å². The summed E-state index contributed by atoms with van der Waals surface area (Å²) in [6.45, 7) is 5.03. The molecular weight excluding hydrogens is 386 g/mol. The van der Waals surface area contributed by atoms with Gasteiger partial charge in [0.25, 0.3) is 5.91 Å². The van der Waals surface area contributed by atoms with E-state index >= 15 is 0 Å². The number of carbonyl (C=O) groups is 1. The molecule has 6 nitrogen and oxygen atoms in total. The molecule has 1 aliphatic rings. The Morgan fingerprint density at radius 2 is 1.76 bits per heavy atom. The monoisotopic (exact) mass is 411 g/mol. The molecule has 7 heteroatoms. The lowest BCUT2D eigenvalue weighted by Gasteiger charge is -2.34. The van der Waals surface area contributed by atoms with Gasteiger partial charge in [-0.05, 0) is 30.2 Å². The number of carbonyl (C=O) groups excluding carboxylic acids is 1. The highest BCUT2D eigenvalue weighted by Gasteiger charge is 2.25. The van der Waals surface area contributed by atoms with Crippen LogP contribution in [-0.2, 0) is 6.42 Å². The van der Waals surface area contributed by atoms with Crippen LogP contribution in [0.2, 0.25) is 0 Å². The number of para-hydroxylation sites is 1. The first kappa shape index (κ1) is 19.5. The van der Waals surface area contributed by atoms with Crippen molar-refractivity contribution in [1.82, 2.24) is 9.88 Å². The van der Waals surface area contributed by atoms with Gasteiger partial charge >= 0.3 is 0 Å². The fourth-order valence-electron chi connectivity index (χ4n) is 3.63. The van der Waals surface area contributed by atoms with Crippen molar-refractivity contribution in [2.24, 2.45) is 0 Å². The van der Waals surface area contributed by atoms with Crippen LogP contribution in [0.25, 0.3) is 10.2 Å². The van der Waals surface area contributed by atoms with Crippen molar-refractivity contribution < 1.29 is 14.3 Å². The van der Waals surface area contributed by atoms with Gasteiger partial charge in [-0.3, -0.25) is 4.79 Å². The Morgan fingerprint density at radius 3 is 2.38 bits per heavy atom. The van der Waals surface area contributed by atoms with Crippen molar-refractivity contribution in [2.45, 2.75) is 13.3 Å². The molecule has 2 aromatic carbocycles. The highest BCUT2D eigenvalue weighted by Crippen LogP contribution is 2.32. The van der Waals surface area contributed by atoms with E-state index in [4.69, 9.17) is 14.5 Å². The van der Waals surface area contributed by atoms with Crippen LogP contribution in [0, 0.1) is 0 Å². The largest absolute Gasteiger partial charge is 0.497 e. The van der Waals surface area contributed by atoms with Gasteiger partial charge in [0.1, 0.15) is 11.5 Å². The lowest BCUT2D eigenvalue weighted by Crippen LogP contribution is -2.48. The fraction of sp³-hybridized carbons (Fsp3) is 0.364. The van der Waals surface area contributed by atoms with Gasteiger partial charge in [0, 0.05) is 37.8 Å². The lowest BCUT2D eigenvalue weighted by molar-refractivity contribution is 0.0746.